The summed E-state index contributed by atoms with van der Waals surface area (Å²) in [4.78, 5) is 27.8. The number of rotatable bonds is 6. The van der Waals surface area contributed by atoms with Crippen LogP contribution in [0.4, 0.5) is 14.5 Å². The van der Waals surface area contributed by atoms with Gasteiger partial charge in [0.15, 0.2) is 5.78 Å². The van der Waals surface area contributed by atoms with Crippen molar-refractivity contribution in [3.05, 3.63) is 94.2 Å². The Morgan fingerprint density at radius 2 is 1.81 bits per heavy atom. The zero-order valence-electron chi connectivity index (χ0n) is 20.2. The number of aromatic nitrogens is 2. The molecule has 2 aromatic heterocycles. The van der Waals surface area contributed by atoms with E-state index < -0.39 is 11.6 Å². The van der Waals surface area contributed by atoms with E-state index in [-0.39, 0.29) is 48.5 Å². The molecule has 0 bridgehead atoms. The Labute approximate surface area is 207 Å². The number of ketones is 1. The van der Waals surface area contributed by atoms with Gasteiger partial charge in [0.1, 0.15) is 18.2 Å². The molecule has 184 valence electrons. The van der Waals surface area contributed by atoms with Crippen molar-refractivity contribution in [3.63, 3.8) is 0 Å². The van der Waals surface area contributed by atoms with Gasteiger partial charge in [0.25, 0.3) is 0 Å². The van der Waals surface area contributed by atoms with Crippen molar-refractivity contribution in [3.8, 4) is 5.88 Å². The predicted octanol–water partition coefficient (Wildman–Crippen LogP) is 5.53. The van der Waals surface area contributed by atoms with Gasteiger partial charge in [-0.2, -0.15) is 5.10 Å². The van der Waals surface area contributed by atoms with E-state index in [9.17, 15) is 18.4 Å². The van der Waals surface area contributed by atoms with Gasteiger partial charge >= 0.3 is 0 Å². The fourth-order valence-electron chi connectivity index (χ4n) is 4.86. The molecule has 36 heavy (non-hydrogen) atoms. The highest BCUT2D eigenvalue weighted by Crippen LogP contribution is 2.38. The monoisotopic (exact) mass is 489 g/mol. The van der Waals surface area contributed by atoms with Crippen LogP contribution in [0.2, 0.25) is 0 Å². The average Bonchev–Trinajstić information content (AvgIpc) is 3.17. The molecule has 0 radical (unpaired) electrons. The Morgan fingerprint density at radius 3 is 2.56 bits per heavy atom. The molecule has 0 aliphatic carbocycles. The standard InChI is InChI=1S/C28H25F2N3O3/c1-16-11-24-28(25(34)13-18-14-26(35)32(3)23-10-5-4-7-19(18)23)17(2)31-33(24)27(12-16)36-15-20-21(29)8-6-9-22(20)30/h4-12,18H,13-15H2,1-3H3. The van der Waals surface area contributed by atoms with Crippen molar-refractivity contribution in [2.75, 3.05) is 11.9 Å². The van der Waals surface area contributed by atoms with Gasteiger partial charge in [0, 0.05) is 37.6 Å². The molecular formula is C28H25F2N3O3. The largest absolute Gasteiger partial charge is 0.473 e. The molecule has 3 heterocycles. The number of hydrogen-bond acceptors (Lipinski definition) is 4. The highest BCUT2D eigenvalue weighted by molar-refractivity contribution is 6.05. The zero-order chi connectivity index (χ0) is 25.6. The first kappa shape index (κ1) is 23.7. The van der Waals surface area contributed by atoms with E-state index in [0.29, 0.717) is 16.8 Å². The summed E-state index contributed by atoms with van der Waals surface area (Å²) in [5.41, 5.74) is 3.92. The Hall–Kier alpha value is -4.07. The molecule has 0 fully saturated rings. The highest BCUT2D eigenvalue weighted by atomic mass is 19.1. The number of amides is 1. The van der Waals surface area contributed by atoms with Crippen molar-refractivity contribution in [1.82, 2.24) is 9.61 Å². The molecule has 1 atom stereocenters. The molecule has 0 saturated carbocycles. The molecular weight excluding hydrogens is 464 g/mol. The number of para-hydroxylation sites is 1. The number of halogens is 2. The molecule has 4 aromatic rings. The second kappa shape index (κ2) is 9.18. The number of hydrogen-bond donors (Lipinski definition) is 0. The summed E-state index contributed by atoms with van der Waals surface area (Å²) in [6.45, 7) is 3.26. The van der Waals surface area contributed by atoms with Crippen LogP contribution in [-0.2, 0) is 11.4 Å². The zero-order valence-corrected chi connectivity index (χ0v) is 20.2. The molecule has 1 aliphatic rings. The number of pyridine rings is 1. The van der Waals surface area contributed by atoms with E-state index in [1.807, 2.05) is 37.3 Å². The number of aryl methyl sites for hydroxylation is 2. The first-order chi connectivity index (χ1) is 17.2. The van der Waals surface area contributed by atoms with E-state index in [1.165, 1.54) is 22.7 Å². The quantitative estimate of drug-likeness (QED) is 0.334. The first-order valence-corrected chi connectivity index (χ1v) is 11.7. The van der Waals surface area contributed by atoms with Crippen LogP contribution < -0.4 is 9.64 Å². The third-order valence-corrected chi connectivity index (χ3v) is 6.69. The molecule has 1 amide bonds. The summed E-state index contributed by atoms with van der Waals surface area (Å²) in [5.74, 6) is -1.52. The van der Waals surface area contributed by atoms with Gasteiger partial charge in [-0.1, -0.05) is 24.3 Å². The summed E-state index contributed by atoms with van der Waals surface area (Å²) < 4.78 is 35.4. The molecule has 8 heteroatoms. The van der Waals surface area contributed by atoms with Gasteiger partial charge in [-0.15, -0.1) is 0 Å². The number of benzene rings is 2. The fourth-order valence-corrected chi connectivity index (χ4v) is 4.86. The lowest BCUT2D eigenvalue weighted by atomic mass is 9.84. The Morgan fingerprint density at radius 1 is 1.08 bits per heavy atom. The van der Waals surface area contributed by atoms with E-state index in [2.05, 4.69) is 5.10 Å². The lowest BCUT2D eigenvalue weighted by Gasteiger charge is -2.31. The van der Waals surface area contributed by atoms with Gasteiger partial charge in [0.2, 0.25) is 11.8 Å². The topological polar surface area (TPSA) is 63.9 Å². The highest BCUT2D eigenvalue weighted by Gasteiger charge is 2.32. The molecule has 6 nitrogen and oxygen atoms in total. The summed E-state index contributed by atoms with van der Waals surface area (Å²) in [6.07, 6.45) is 0.405. The second-order valence-corrected chi connectivity index (χ2v) is 9.16. The molecule has 5 rings (SSSR count). The third kappa shape index (κ3) is 4.12. The molecule has 0 spiro atoms. The second-order valence-electron chi connectivity index (χ2n) is 9.16. The number of ether oxygens (including phenoxy) is 1. The minimum atomic E-state index is -0.695. The van der Waals surface area contributed by atoms with Gasteiger partial charge in [0.05, 0.1) is 22.3 Å². The Kier molecular flexibility index (Phi) is 6.04. The van der Waals surface area contributed by atoms with Crippen LogP contribution >= 0.6 is 0 Å². The minimum absolute atomic E-state index is 0.0324. The van der Waals surface area contributed by atoms with Crippen LogP contribution in [0.3, 0.4) is 0 Å². The van der Waals surface area contributed by atoms with Crippen molar-refractivity contribution in [2.24, 2.45) is 0 Å². The minimum Gasteiger partial charge on any atom is -0.473 e. The lowest BCUT2D eigenvalue weighted by Crippen LogP contribution is -2.33. The van der Waals surface area contributed by atoms with E-state index in [0.717, 1.165) is 16.8 Å². The van der Waals surface area contributed by atoms with Crippen LogP contribution in [0.25, 0.3) is 5.52 Å². The SMILES string of the molecule is Cc1cc(OCc2c(F)cccc2F)n2nc(C)c(C(=O)CC3CC(=O)N(C)c4ccccc43)c2c1. The number of fused-ring (bicyclic) bond motifs is 2. The summed E-state index contributed by atoms with van der Waals surface area (Å²) in [7, 11) is 1.74. The van der Waals surface area contributed by atoms with E-state index in [4.69, 9.17) is 4.74 Å². The number of nitrogens with zero attached hydrogens (tertiary/aromatic N) is 3. The number of carbonyl (C=O) groups excluding carboxylic acids is 2. The van der Waals surface area contributed by atoms with Crippen molar-refractivity contribution in [2.45, 2.75) is 39.2 Å². The van der Waals surface area contributed by atoms with Crippen molar-refractivity contribution < 1.29 is 23.1 Å². The third-order valence-electron chi connectivity index (χ3n) is 6.69. The van der Waals surface area contributed by atoms with Crippen LogP contribution in [0.1, 0.15) is 51.5 Å². The average molecular weight is 490 g/mol. The fraction of sp³-hybridized carbons (Fsp3) is 0.250. The summed E-state index contributed by atoms with van der Waals surface area (Å²) >= 11 is 0. The molecule has 1 aliphatic heterocycles. The lowest BCUT2D eigenvalue weighted by molar-refractivity contribution is -0.119. The maximum atomic E-state index is 14.1. The van der Waals surface area contributed by atoms with Gasteiger partial charge in [-0.05, 0) is 49.2 Å². The molecule has 0 N–H and O–H groups in total. The maximum absolute atomic E-state index is 14.1. The Balaban J connectivity index is 1.47. The maximum Gasteiger partial charge on any atom is 0.227 e. The predicted molar refractivity (Wildman–Crippen MR) is 132 cm³/mol. The summed E-state index contributed by atoms with van der Waals surface area (Å²) in [5, 5.41) is 4.50. The first-order valence-electron chi connectivity index (χ1n) is 11.7. The normalized spacial score (nSPS) is 15.3. The van der Waals surface area contributed by atoms with Crippen LogP contribution in [0.5, 0.6) is 5.88 Å². The van der Waals surface area contributed by atoms with Gasteiger partial charge in [-0.25, -0.2) is 13.3 Å². The van der Waals surface area contributed by atoms with Crippen molar-refractivity contribution >= 4 is 22.9 Å². The van der Waals surface area contributed by atoms with E-state index >= 15 is 0 Å². The molecule has 0 saturated heterocycles. The summed E-state index contributed by atoms with van der Waals surface area (Å²) in [6, 6.07) is 14.8. The van der Waals surface area contributed by atoms with Gasteiger partial charge in [-0.3, -0.25) is 9.59 Å². The van der Waals surface area contributed by atoms with Crippen molar-refractivity contribution in [1.29, 1.82) is 0 Å². The molecule has 2 aromatic carbocycles. The number of anilines is 1. The van der Waals surface area contributed by atoms with Crippen LogP contribution in [-0.4, -0.2) is 28.4 Å². The van der Waals surface area contributed by atoms with Crippen LogP contribution in [0, 0.1) is 25.5 Å². The van der Waals surface area contributed by atoms with Gasteiger partial charge < -0.3 is 9.64 Å². The van der Waals surface area contributed by atoms with E-state index in [1.54, 1.807) is 24.9 Å². The smallest absolute Gasteiger partial charge is 0.227 e. The number of carbonyl (C=O) groups is 2. The van der Waals surface area contributed by atoms with Crippen LogP contribution in [0.15, 0.2) is 54.6 Å². The Bertz CT molecular complexity index is 1490. The molecule has 1 unspecified atom stereocenters. The number of Topliss-reactive ketones (excluding diaryl/α,β-unsaturated/α-hetero) is 1.